The van der Waals surface area contributed by atoms with Gasteiger partial charge in [-0.3, -0.25) is 19.0 Å². The zero-order valence-corrected chi connectivity index (χ0v) is 16.6. The molecule has 0 atom stereocenters. The van der Waals surface area contributed by atoms with Crippen LogP contribution in [-0.4, -0.2) is 27.0 Å². The summed E-state index contributed by atoms with van der Waals surface area (Å²) in [4.78, 5) is 41.1. The molecule has 1 N–H and O–H groups in total. The van der Waals surface area contributed by atoms with E-state index in [1.807, 2.05) is 19.1 Å². The van der Waals surface area contributed by atoms with Gasteiger partial charge in [-0.15, -0.1) is 0 Å². The average Bonchev–Trinajstić information content (AvgIpc) is 2.72. The van der Waals surface area contributed by atoms with Gasteiger partial charge < -0.3 is 5.32 Å². The van der Waals surface area contributed by atoms with Gasteiger partial charge >= 0.3 is 0 Å². The molecule has 144 valence electrons. The summed E-state index contributed by atoms with van der Waals surface area (Å²) < 4.78 is 1.59. The van der Waals surface area contributed by atoms with Gasteiger partial charge in [0.05, 0.1) is 16.7 Å². The topological polar surface area (TPSA) is 81.1 Å². The molecule has 0 unspecified atom stereocenters. The van der Waals surface area contributed by atoms with E-state index in [1.54, 1.807) is 47.9 Å². The molecule has 0 fully saturated rings. The number of nitrogens with zero attached hydrogens (tertiary/aromatic N) is 2. The zero-order chi connectivity index (χ0) is 20.1. The molecule has 3 aromatic rings. The third-order valence-corrected chi connectivity index (χ3v) is 5.26. The number of hydrogen-bond donors (Lipinski definition) is 1. The van der Waals surface area contributed by atoms with Crippen molar-refractivity contribution in [3.8, 4) is 0 Å². The highest BCUT2D eigenvalue weighted by molar-refractivity contribution is 7.99. The van der Waals surface area contributed by atoms with Crippen molar-refractivity contribution in [2.24, 2.45) is 0 Å². The maximum atomic E-state index is 12.6. The van der Waals surface area contributed by atoms with Crippen molar-refractivity contribution < 1.29 is 9.59 Å². The van der Waals surface area contributed by atoms with Crippen molar-refractivity contribution in [1.29, 1.82) is 0 Å². The van der Waals surface area contributed by atoms with E-state index in [-0.39, 0.29) is 23.0 Å². The lowest BCUT2D eigenvalue weighted by Crippen LogP contribution is -2.22. The predicted octanol–water partition coefficient (Wildman–Crippen LogP) is 3.74. The number of carbonyl (C=O) groups excluding carboxylic acids is 2. The summed E-state index contributed by atoms with van der Waals surface area (Å²) in [6, 6.07) is 14.0. The Morgan fingerprint density at radius 1 is 1.07 bits per heavy atom. The van der Waals surface area contributed by atoms with Gasteiger partial charge in [-0.1, -0.05) is 30.8 Å². The lowest BCUT2D eigenvalue weighted by molar-refractivity contribution is -0.115. The number of aromatic nitrogens is 2. The van der Waals surface area contributed by atoms with Gasteiger partial charge in [-0.25, -0.2) is 4.98 Å². The maximum Gasteiger partial charge on any atom is 0.262 e. The molecule has 3 rings (SSSR count). The van der Waals surface area contributed by atoms with E-state index in [4.69, 9.17) is 0 Å². The van der Waals surface area contributed by atoms with Crippen molar-refractivity contribution >= 4 is 40.0 Å². The highest BCUT2D eigenvalue weighted by Crippen LogP contribution is 2.20. The number of hydrogen-bond acceptors (Lipinski definition) is 5. The summed E-state index contributed by atoms with van der Waals surface area (Å²) in [5, 5.41) is 3.86. The first-order chi connectivity index (χ1) is 13.5. The molecule has 1 amide bonds. The second kappa shape index (κ2) is 8.84. The fourth-order valence-corrected chi connectivity index (χ4v) is 3.70. The van der Waals surface area contributed by atoms with Gasteiger partial charge in [-0.2, -0.15) is 0 Å². The van der Waals surface area contributed by atoms with Crippen molar-refractivity contribution in [1.82, 2.24) is 9.55 Å². The number of Topliss-reactive ketones (excluding diaryl/α,β-unsaturated/α-hetero) is 1. The van der Waals surface area contributed by atoms with Crippen LogP contribution in [-0.2, 0) is 11.3 Å². The number of fused-ring (bicyclic) bond motifs is 1. The van der Waals surface area contributed by atoms with Crippen molar-refractivity contribution in [2.75, 3.05) is 11.1 Å². The minimum absolute atomic E-state index is 0.0663. The normalized spacial score (nSPS) is 10.8. The molecule has 0 saturated carbocycles. The molecule has 0 saturated heterocycles. The molecule has 0 radical (unpaired) electrons. The van der Waals surface area contributed by atoms with Crippen LogP contribution in [0.15, 0.2) is 58.5 Å². The van der Waals surface area contributed by atoms with Crippen LogP contribution in [0.2, 0.25) is 0 Å². The van der Waals surface area contributed by atoms with E-state index in [0.29, 0.717) is 40.3 Å². The summed E-state index contributed by atoms with van der Waals surface area (Å²) in [5.41, 5.74) is 1.74. The first-order valence-electron chi connectivity index (χ1n) is 9.09. The third-order valence-electron chi connectivity index (χ3n) is 4.29. The molecule has 0 aliphatic heterocycles. The van der Waals surface area contributed by atoms with Crippen LogP contribution in [0.5, 0.6) is 0 Å². The van der Waals surface area contributed by atoms with Crippen LogP contribution in [0, 0.1) is 0 Å². The number of anilines is 1. The Balaban J connectivity index is 1.76. The lowest BCUT2D eigenvalue weighted by Gasteiger charge is -2.11. The minimum atomic E-state index is -0.0981. The van der Waals surface area contributed by atoms with Crippen LogP contribution >= 0.6 is 11.8 Å². The monoisotopic (exact) mass is 395 g/mol. The van der Waals surface area contributed by atoms with Gasteiger partial charge in [0.15, 0.2) is 10.9 Å². The largest absolute Gasteiger partial charge is 0.326 e. The molecule has 0 spiro atoms. The quantitative estimate of drug-likeness (QED) is 0.374. The SMILES string of the molecule is CCC(=O)Nc1ccc(C(=O)CSc2nc3ccccc3c(=O)n2CC)cc1. The number of benzene rings is 2. The second-order valence-electron chi connectivity index (χ2n) is 6.15. The molecule has 6 nitrogen and oxygen atoms in total. The Bertz CT molecular complexity index is 1070. The fourth-order valence-electron chi connectivity index (χ4n) is 2.74. The Hall–Kier alpha value is -2.93. The van der Waals surface area contributed by atoms with Crippen LogP contribution < -0.4 is 10.9 Å². The Labute approximate surface area is 167 Å². The van der Waals surface area contributed by atoms with Crippen molar-refractivity contribution in [2.45, 2.75) is 32.0 Å². The summed E-state index contributed by atoms with van der Waals surface area (Å²) in [5.74, 6) is 0.0313. The third kappa shape index (κ3) is 4.31. The standard InChI is InChI=1S/C21H21N3O3S/c1-3-19(26)22-15-11-9-14(10-12-15)18(25)13-28-21-23-17-8-6-5-7-16(17)20(27)24(21)4-2/h5-12H,3-4,13H2,1-2H3,(H,22,26). The van der Waals surface area contributed by atoms with E-state index < -0.39 is 0 Å². The van der Waals surface area contributed by atoms with Crippen LogP contribution in [0.1, 0.15) is 30.6 Å². The lowest BCUT2D eigenvalue weighted by atomic mass is 10.1. The van der Waals surface area contributed by atoms with Crippen LogP contribution in [0.3, 0.4) is 0 Å². The van der Waals surface area contributed by atoms with Crippen LogP contribution in [0.25, 0.3) is 10.9 Å². The molecule has 28 heavy (non-hydrogen) atoms. The van der Waals surface area contributed by atoms with E-state index in [9.17, 15) is 14.4 Å². The van der Waals surface area contributed by atoms with Crippen LogP contribution in [0.4, 0.5) is 5.69 Å². The van der Waals surface area contributed by atoms with Gasteiger partial charge in [0, 0.05) is 24.2 Å². The molecule has 7 heteroatoms. The maximum absolute atomic E-state index is 12.6. The number of nitrogens with one attached hydrogen (secondary N) is 1. The molecule has 1 aromatic heterocycles. The molecule has 0 bridgehead atoms. The number of thioether (sulfide) groups is 1. The first kappa shape index (κ1) is 19.8. The fraction of sp³-hybridized carbons (Fsp3) is 0.238. The van der Waals surface area contributed by atoms with Crippen molar-refractivity contribution in [3.05, 3.63) is 64.4 Å². The molecule has 2 aromatic carbocycles. The minimum Gasteiger partial charge on any atom is -0.326 e. The number of para-hydroxylation sites is 1. The zero-order valence-electron chi connectivity index (χ0n) is 15.8. The molecular weight excluding hydrogens is 374 g/mol. The number of carbonyl (C=O) groups is 2. The highest BCUT2D eigenvalue weighted by atomic mass is 32.2. The number of amides is 1. The number of ketones is 1. The second-order valence-corrected chi connectivity index (χ2v) is 7.09. The summed E-state index contributed by atoms with van der Waals surface area (Å²) in [7, 11) is 0. The Morgan fingerprint density at radius 2 is 1.79 bits per heavy atom. The van der Waals surface area contributed by atoms with Gasteiger partial charge in [0.25, 0.3) is 5.56 Å². The van der Waals surface area contributed by atoms with Crippen molar-refractivity contribution in [3.63, 3.8) is 0 Å². The van der Waals surface area contributed by atoms with E-state index in [1.165, 1.54) is 11.8 Å². The molecule has 1 heterocycles. The summed E-state index contributed by atoms with van der Waals surface area (Å²) in [6.45, 7) is 4.15. The Kier molecular flexibility index (Phi) is 6.26. The Morgan fingerprint density at radius 3 is 2.46 bits per heavy atom. The van der Waals surface area contributed by atoms with Gasteiger partial charge in [-0.05, 0) is 43.3 Å². The van der Waals surface area contributed by atoms with E-state index in [0.717, 1.165) is 0 Å². The molecular formula is C21H21N3O3S. The smallest absolute Gasteiger partial charge is 0.262 e. The predicted molar refractivity (Wildman–Crippen MR) is 112 cm³/mol. The van der Waals surface area contributed by atoms with Gasteiger partial charge in [0.1, 0.15) is 0 Å². The highest BCUT2D eigenvalue weighted by Gasteiger charge is 2.13. The molecule has 0 aliphatic rings. The summed E-state index contributed by atoms with van der Waals surface area (Å²) >= 11 is 1.25. The average molecular weight is 395 g/mol. The number of rotatable bonds is 7. The van der Waals surface area contributed by atoms with E-state index >= 15 is 0 Å². The van der Waals surface area contributed by atoms with E-state index in [2.05, 4.69) is 10.3 Å². The first-order valence-corrected chi connectivity index (χ1v) is 10.1. The molecule has 0 aliphatic carbocycles. The van der Waals surface area contributed by atoms with Gasteiger partial charge in [0.2, 0.25) is 5.91 Å². The summed E-state index contributed by atoms with van der Waals surface area (Å²) in [6.07, 6.45) is 0.398.